The molecule has 0 radical (unpaired) electrons. The standard InChI is InChI=1S/C10H11NS/c1-7(2)10-5-8-6-11-4-3-9(8)12-10/h3-7H,1-2H3. The van der Waals surface area contributed by atoms with E-state index >= 15 is 0 Å². The lowest BCUT2D eigenvalue weighted by atomic mass is 10.2. The van der Waals surface area contributed by atoms with E-state index in [1.807, 2.05) is 23.7 Å². The Morgan fingerprint density at radius 1 is 1.42 bits per heavy atom. The van der Waals surface area contributed by atoms with Crippen molar-refractivity contribution in [3.05, 3.63) is 29.4 Å². The van der Waals surface area contributed by atoms with Crippen LogP contribution in [0.1, 0.15) is 24.6 Å². The van der Waals surface area contributed by atoms with Gasteiger partial charge in [0.05, 0.1) is 0 Å². The lowest BCUT2D eigenvalue weighted by Gasteiger charge is -1.95. The summed E-state index contributed by atoms with van der Waals surface area (Å²) >= 11 is 1.87. The summed E-state index contributed by atoms with van der Waals surface area (Å²) in [6, 6.07) is 4.31. The Morgan fingerprint density at radius 3 is 2.92 bits per heavy atom. The molecular weight excluding hydrogens is 166 g/mol. The van der Waals surface area contributed by atoms with Gasteiger partial charge >= 0.3 is 0 Å². The molecule has 0 saturated heterocycles. The van der Waals surface area contributed by atoms with Crippen LogP contribution in [-0.4, -0.2) is 4.98 Å². The van der Waals surface area contributed by atoms with E-state index in [0.717, 1.165) is 0 Å². The van der Waals surface area contributed by atoms with Gasteiger partial charge in [-0.05, 0) is 18.1 Å². The van der Waals surface area contributed by atoms with Crippen LogP contribution in [0.15, 0.2) is 24.5 Å². The quantitative estimate of drug-likeness (QED) is 0.650. The van der Waals surface area contributed by atoms with Crippen molar-refractivity contribution in [1.29, 1.82) is 0 Å². The van der Waals surface area contributed by atoms with E-state index in [1.54, 1.807) is 0 Å². The predicted molar refractivity (Wildman–Crippen MR) is 53.7 cm³/mol. The fourth-order valence-electron chi connectivity index (χ4n) is 1.19. The molecule has 2 aromatic heterocycles. The molecular formula is C10H11NS. The maximum Gasteiger partial charge on any atom is 0.0376 e. The Bertz CT molecular complexity index is 356. The number of pyridine rings is 1. The largest absolute Gasteiger partial charge is 0.264 e. The first-order chi connectivity index (χ1) is 5.77. The molecule has 0 bridgehead atoms. The van der Waals surface area contributed by atoms with Crippen molar-refractivity contribution in [1.82, 2.24) is 4.98 Å². The molecule has 0 aliphatic rings. The number of aromatic nitrogens is 1. The van der Waals surface area contributed by atoms with Gasteiger partial charge in [0.2, 0.25) is 0 Å². The topological polar surface area (TPSA) is 12.9 Å². The van der Waals surface area contributed by atoms with Crippen LogP contribution in [-0.2, 0) is 0 Å². The Kier molecular flexibility index (Phi) is 1.85. The normalized spacial score (nSPS) is 11.2. The molecule has 0 aromatic carbocycles. The third-order valence-corrected chi connectivity index (χ3v) is 3.32. The molecule has 1 nitrogen and oxygen atoms in total. The minimum absolute atomic E-state index is 0.627. The smallest absolute Gasteiger partial charge is 0.0376 e. The van der Waals surface area contributed by atoms with Crippen LogP contribution in [0.4, 0.5) is 0 Å². The zero-order valence-corrected chi connectivity index (χ0v) is 8.06. The minimum atomic E-state index is 0.627. The lowest BCUT2D eigenvalue weighted by Crippen LogP contribution is -1.77. The summed E-state index contributed by atoms with van der Waals surface area (Å²) in [6.07, 6.45) is 3.78. The summed E-state index contributed by atoms with van der Waals surface area (Å²) in [6.45, 7) is 4.44. The van der Waals surface area contributed by atoms with Crippen LogP contribution < -0.4 is 0 Å². The van der Waals surface area contributed by atoms with Crippen molar-refractivity contribution >= 4 is 21.4 Å². The van der Waals surface area contributed by atoms with Gasteiger partial charge in [-0.25, -0.2) is 0 Å². The third kappa shape index (κ3) is 1.23. The number of nitrogens with zero attached hydrogens (tertiary/aromatic N) is 1. The van der Waals surface area contributed by atoms with Gasteiger partial charge in [-0.15, -0.1) is 11.3 Å². The van der Waals surface area contributed by atoms with E-state index in [1.165, 1.54) is 15.0 Å². The van der Waals surface area contributed by atoms with Gasteiger partial charge in [-0.3, -0.25) is 4.98 Å². The van der Waals surface area contributed by atoms with Crippen LogP contribution >= 0.6 is 11.3 Å². The van der Waals surface area contributed by atoms with Gasteiger partial charge in [0.25, 0.3) is 0 Å². The number of thiophene rings is 1. The summed E-state index contributed by atoms with van der Waals surface area (Å²) in [4.78, 5) is 5.53. The average Bonchev–Trinajstić information content (AvgIpc) is 2.46. The summed E-state index contributed by atoms with van der Waals surface area (Å²) in [5, 5.41) is 1.27. The molecule has 0 atom stereocenters. The molecule has 0 amide bonds. The first kappa shape index (κ1) is 7.74. The number of rotatable bonds is 1. The van der Waals surface area contributed by atoms with E-state index in [4.69, 9.17) is 0 Å². The van der Waals surface area contributed by atoms with Gasteiger partial charge in [0.1, 0.15) is 0 Å². The highest BCUT2D eigenvalue weighted by Crippen LogP contribution is 2.29. The van der Waals surface area contributed by atoms with Crippen LogP contribution in [0, 0.1) is 0 Å². The molecule has 0 aliphatic heterocycles. The summed E-state index contributed by atoms with van der Waals surface area (Å²) < 4.78 is 1.34. The van der Waals surface area contributed by atoms with Crippen LogP contribution in [0.5, 0.6) is 0 Å². The predicted octanol–water partition coefficient (Wildman–Crippen LogP) is 3.42. The average molecular weight is 177 g/mol. The fourth-order valence-corrected chi connectivity index (χ4v) is 2.22. The van der Waals surface area contributed by atoms with Crippen molar-refractivity contribution in [3.63, 3.8) is 0 Å². The monoisotopic (exact) mass is 177 g/mol. The number of hydrogen-bond donors (Lipinski definition) is 0. The maximum absolute atomic E-state index is 4.09. The highest BCUT2D eigenvalue weighted by Gasteiger charge is 2.03. The molecule has 0 aliphatic carbocycles. The fraction of sp³-hybridized carbons (Fsp3) is 0.300. The zero-order chi connectivity index (χ0) is 8.55. The van der Waals surface area contributed by atoms with E-state index in [2.05, 4.69) is 31.0 Å². The van der Waals surface area contributed by atoms with Crippen molar-refractivity contribution in [3.8, 4) is 0 Å². The molecule has 62 valence electrons. The number of fused-ring (bicyclic) bond motifs is 1. The lowest BCUT2D eigenvalue weighted by molar-refractivity contribution is 0.890. The summed E-state index contributed by atoms with van der Waals surface area (Å²) in [7, 11) is 0. The van der Waals surface area contributed by atoms with Crippen LogP contribution in [0.25, 0.3) is 10.1 Å². The zero-order valence-electron chi connectivity index (χ0n) is 7.24. The minimum Gasteiger partial charge on any atom is -0.264 e. The van der Waals surface area contributed by atoms with Crippen LogP contribution in [0.3, 0.4) is 0 Å². The second-order valence-corrected chi connectivity index (χ2v) is 4.33. The van der Waals surface area contributed by atoms with Crippen molar-refractivity contribution in [2.24, 2.45) is 0 Å². The van der Waals surface area contributed by atoms with Gasteiger partial charge in [-0.2, -0.15) is 0 Å². The molecule has 2 aromatic rings. The van der Waals surface area contributed by atoms with Gasteiger partial charge in [0.15, 0.2) is 0 Å². The first-order valence-electron chi connectivity index (χ1n) is 4.11. The highest BCUT2D eigenvalue weighted by molar-refractivity contribution is 7.19. The Morgan fingerprint density at radius 2 is 2.25 bits per heavy atom. The van der Waals surface area contributed by atoms with E-state index < -0.39 is 0 Å². The molecule has 0 fully saturated rings. The summed E-state index contributed by atoms with van der Waals surface area (Å²) in [5.41, 5.74) is 0. The van der Waals surface area contributed by atoms with Gasteiger partial charge in [0, 0.05) is 27.4 Å². The maximum atomic E-state index is 4.09. The van der Waals surface area contributed by atoms with Gasteiger partial charge in [-0.1, -0.05) is 13.8 Å². The molecule has 2 heteroatoms. The van der Waals surface area contributed by atoms with Crippen molar-refractivity contribution in [2.45, 2.75) is 19.8 Å². The highest BCUT2D eigenvalue weighted by atomic mass is 32.1. The SMILES string of the molecule is CC(C)c1cc2cnccc2s1. The molecule has 0 N–H and O–H groups in total. The second-order valence-electron chi connectivity index (χ2n) is 3.22. The van der Waals surface area contributed by atoms with Crippen LogP contribution in [0.2, 0.25) is 0 Å². The van der Waals surface area contributed by atoms with Gasteiger partial charge < -0.3 is 0 Å². The Labute approximate surface area is 76.1 Å². The third-order valence-electron chi connectivity index (χ3n) is 1.90. The molecule has 2 rings (SSSR count). The molecule has 0 spiro atoms. The summed E-state index contributed by atoms with van der Waals surface area (Å²) in [5.74, 6) is 0.627. The number of hydrogen-bond acceptors (Lipinski definition) is 2. The van der Waals surface area contributed by atoms with E-state index in [-0.39, 0.29) is 0 Å². The molecule has 12 heavy (non-hydrogen) atoms. The molecule has 0 unspecified atom stereocenters. The second kappa shape index (κ2) is 2.87. The molecule has 2 heterocycles. The Balaban J connectivity index is 2.62. The Hall–Kier alpha value is -0.890. The first-order valence-corrected chi connectivity index (χ1v) is 4.92. The van der Waals surface area contributed by atoms with E-state index in [0.29, 0.717) is 5.92 Å². The van der Waals surface area contributed by atoms with Crippen molar-refractivity contribution < 1.29 is 0 Å². The van der Waals surface area contributed by atoms with Crippen molar-refractivity contribution in [2.75, 3.05) is 0 Å². The van der Waals surface area contributed by atoms with E-state index in [9.17, 15) is 0 Å². The molecule has 0 saturated carbocycles.